The van der Waals surface area contributed by atoms with Crippen LogP contribution < -0.4 is 0 Å². The van der Waals surface area contributed by atoms with E-state index in [9.17, 15) is 13.2 Å². The predicted octanol–water partition coefficient (Wildman–Crippen LogP) is 6.59. The Morgan fingerprint density at radius 2 is 1.35 bits per heavy atom. The van der Waals surface area contributed by atoms with E-state index in [-0.39, 0.29) is 5.92 Å². The largest absolute Gasteiger partial charge is 0.204 e. The van der Waals surface area contributed by atoms with Crippen LogP contribution in [0.4, 0.5) is 13.2 Å². The van der Waals surface area contributed by atoms with Crippen LogP contribution in [0.15, 0.2) is 12.1 Å². The van der Waals surface area contributed by atoms with Crippen molar-refractivity contribution in [2.45, 2.75) is 70.6 Å². The van der Waals surface area contributed by atoms with Crippen molar-refractivity contribution in [3.8, 4) is 0 Å². The molecule has 0 amide bonds. The van der Waals surface area contributed by atoms with Gasteiger partial charge in [0, 0.05) is 0 Å². The molecule has 0 bridgehead atoms. The maximum atomic E-state index is 14.0. The monoisotopic (exact) mass is 324 g/mol. The number of hydrogen-bond donors (Lipinski definition) is 0. The van der Waals surface area contributed by atoms with Gasteiger partial charge in [0.05, 0.1) is 0 Å². The predicted molar refractivity (Wildman–Crippen MR) is 86.8 cm³/mol. The molecule has 1 aromatic rings. The smallest absolute Gasteiger partial charge is 0.194 e. The maximum absolute atomic E-state index is 14.0. The molecule has 3 heteroatoms. The van der Waals surface area contributed by atoms with Crippen molar-refractivity contribution < 1.29 is 13.2 Å². The molecule has 128 valence electrons. The lowest BCUT2D eigenvalue weighted by atomic mass is 9.68. The molecule has 0 saturated heterocycles. The van der Waals surface area contributed by atoms with Crippen LogP contribution in [0.2, 0.25) is 0 Å². The Morgan fingerprint density at radius 1 is 0.783 bits per heavy atom. The van der Waals surface area contributed by atoms with Crippen LogP contribution >= 0.6 is 0 Å². The second kappa shape index (κ2) is 7.27. The maximum Gasteiger partial charge on any atom is 0.194 e. The van der Waals surface area contributed by atoms with E-state index in [1.807, 2.05) is 0 Å². The SMILES string of the molecule is CC[C@H]1CC[C@H](C2CCC(c3ccc(F)c(F)c3F)CC2)CC1. The van der Waals surface area contributed by atoms with E-state index in [1.54, 1.807) is 0 Å². The summed E-state index contributed by atoms with van der Waals surface area (Å²) in [4.78, 5) is 0. The van der Waals surface area contributed by atoms with Crippen molar-refractivity contribution in [1.29, 1.82) is 0 Å². The lowest BCUT2D eigenvalue weighted by Crippen LogP contribution is -2.25. The minimum Gasteiger partial charge on any atom is -0.204 e. The van der Waals surface area contributed by atoms with Crippen molar-refractivity contribution in [2.75, 3.05) is 0 Å². The molecule has 0 N–H and O–H groups in total. The van der Waals surface area contributed by atoms with Crippen LogP contribution in [0.1, 0.15) is 76.2 Å². The fourth-order valence-electron chi connectivity index (χ4n) is 4.83. The molecule has 2 fully saturated rings. The summed E-state index contributed by atoms with van der Waals surface area (Å²) in [5.41, 5.74) is 0.372. The van der Waals surface area contributed by atoms with E-state index in [4.69, 9.17) is 0 Å². The molecule has 0 spiro atoms. The third-order valence-electron chi connectivity index (χ3n) is 6.41. The summed E-state index contributed by atoms with van der Waals surface area (Å²) in [6.45, 7) is 2.28. The van der Waals surface area contributed by atoms with Gasteiger partial charge in [0.2, 0.25) is 0 Å². The quantitative estimate of drug-likeness (QED) is 0.550. The van der Waals surface area contributed by atoms with Gasteiger partial charge in [0.25, 0.3) is 0 Å². The number of benzene rings is 1. The number of hydrogen-bond acceptors (Lipinski definition) is 0. The van der Waals surface area contributed by atoms with Gasteiger partial charge in [-0.1, -0.05) is 32.3 Å². The highest BCUT2D eigenvalue weighted by Gasteiger charge is 2.32. The summed E-state index contributed by atoms with van der Waals surface area (Å²) in [5.74, 6) is -0.842. The van der Waals surface area contributed by atoms with Crippen LogP contribution in [0.5, 0.6) is 0 Å². The van der Waals surface area contributed by atoms with E-state index in [0.29, 0.717) is 5.56 Å². The summed E-state index contributed by atoms with van der Waals surface area (Å²) in [6.07, 6.45) is 10.7. The van der Waals surface area contributed by atoms with E-state index < -0.39 is 17.5 Å². The number of rotatable bonds is 3. The Balaban J connectivity index is 1.58. The third kappa shape index (κ3) is 3.59. The van der Waals surface area contributed by atoms with Gasteiger partial charge in [0.15, 0.2) is 17.5 Å². The first-order valence-electron chi connectivity index (χ1n) is 9.23. The first-order valence-corrected chi connectivity index (χ1v) is 9.23. The van der Waals surface area contributed by atoms with Gasteiger partial charge in [-0.3, -0.25) is 0 Å². The second-order valence-electron chi connectivity index (χ2n) is 7.57. The molecule has 1 aromatic carbocycles. The fraction of sp³-hybridized carbons (Fsp3) is 0.700. The highest BCUT2D eigenvalue weighted by atomic mass is 19.2. The standard InChI is InChI=1S/C20H27F3/c1-2-13-3-5-14(6-4-13)15-7-9-16(10-8-15)17-11-12-18(21)20(23)19(17)22/h11-16H,2-10H2,1H3/t13-,14-,15?,16?. The average Bonchev–Trinajstić information content (AvgIpc) is 2.60. The first kappa shape index (κ1) is 16.9. The van der Waals surface area contributed by atoms with Crippen LogP contribution in [0, 0.1) is 35.2 Å². The van der Waals surface area contributed by atoms with Crippen LogP contribution in [-0.4, -0.2) is 0 Å². The fourth-order valence-corrected chi connectivity index (χ4v) is 4.83. The van der Waals surface area contributed by atoms with Gasteiger partial charge >= 0.3 is 0 Å². The van der Waals surface area contributed by atoms with E-state index >= 15 is 0 Å². The Bertz CT molecular complexity index is 524. The summed E-state index contributed by atoms with van der Waals surface area (Å²) in [7, 11) is 0. The van der Waals surface area contributed by atoms with Crippen molar-refractivity contribution >= 4 is 0 Å². The molecule has 2 aliphatic rings. The van der Waals surface area contributed by atoms with Gasteiger partial charge in [-0.05, 0) is 73.8 Å². The van der Waals surface area contributed by atoms with Crippen molar-refractivity contribution in [3.63, 3.8) is 0 Å². The zero-order valence-electron chi connectivity index (χ0n) is 14.0. The van der Waals surface area contributed by atoms with Crippen molar-refractivity contribution in [2.24, 2.45) is 17.8 Å². The Hall–Kier alpha value is -0.990. The van der Waals surface area contributed by atoms with E-state index in [2.05, 4.69) is 6.92 Å². The highest BCUT2D eigenvalue weighted by molar-refractivity contribution is 5.24. The molecule has 0 aliphatic heterocycles. The van der Waals surface area contributed by atoms with Crippen LogP contribution in [-0.2, 0) is 0 Å². The molecule has 3 rings (SSSR count). The minimum atomic E-state index is -1.32. The lowest BCUT2D eigenvalue weighted by Gasteiger charge is -2.38. The zero-order chi connectivity index (χ0) is 16.4. The van der Waals surface area contributed by atoms with E-state index in [0.717, 1.165) is 49.5 Å². The normalized spacial score (nSPS) is 32.0. The first-order chi connectivity index (χ1) is 11.1. The van der Waals surface area contributed by atoms with Crippen molar-refractivity contribution in [3.05, 3.63) is 35.1 Å². The van der Waals surface area contributed by atoms with Crippen LogP contribution in [0.25, 0.3) is 0 Å². The topological polar surface area (TPSA) is 0 Å². The molecule has 0 unspecified atom stereocenters. The molecular formula is C20H27F3. The molecule has 0 radical (unpaired) electrons. The Kier molecular flexibility index (Phi) is 5.33. The summed E-state index contributed by atoms with van der Waals surface area (Å²) in [6, 6.07) is 2.50. The van der Waals surface area contributed by atoms with Gasteiger partial charge in [0.1, 0.15) is 0 Å². The van der Waals surface area contributed by atoms with Gasteiger partial charge in [-0.2, -0.15) is 0 Å². The summed E-state index contributed by atoms with van der Waals surface area (Å²) >= 11 is 0. The molecule has 0 nitrogen and oxygen atoms in total. The second-order valence-corrected chi connectivity index (χ2v) is 7.57. The number of halogens is 3. The van der Waals surface area contributed by atoms with Crippen molar-refractivity contribution in [1.82, 2.24) is 0 Å². The highest BCUT2D eigenvalue weighted by Crippen LogP contribution is 2.44. The Morgan fingerprint density at radius 3 is 1.91 bits per heavy atom. The third-order valence-corrected chi connectivity index (χ3v) is 6.41. The zero-order valence-corrected chi connectivity index (χ0v) is 14.0. The van der Waals surface area contributed by atoms with Gasteiger partial charge in [-0.15, -0.1) is 0 Å². The van der Waals surface area contributed by atoms with Gasteiger partial charge < -0.3 is 0 Å². The molecule has 0 aromatic heterocycles. The molecule has 2 saturated carbocycles. The molecule has 0 atom stereocenters. The average molecular weight is 324 g/mol. The summed E-state index contributed by atoms with van der Waals surface area (Å²) in [5, 5.41) is 0. The lowest BCUT2D eigenvalue weighted by molar-refractivity contribution is 0.158. The van der Waals surface area contributed by atoms with E-state index in [1.165, 1.54) is 38.2 Å². The Labute approximate surface area is 137 Å². The molecular weight excluding hydrogens is 297 g/mol. The summed E-state index contributed by atoms with van der Waals surface area (Å²) < 4.78 is 40.5. The molecule has 2 aliphatic carbocycles. The molecule has 0 heterocycles. The van der Waals surface area contributed by atoms with Gasteiger partial charge in [-0.25, -0.2) is 13.2 Å². The minimum absolute atomic E-state index is 0.0494. The molecule has 23 heavy (non-hydrogen) atoms. The van der Waals surface area contributed by atoms with Crippen LogP contribution in [0.3, 0.4) is 0 Å².